The van der Waals surface area contributed by atoms with Crippen molar-refractivity contribution >= 4 is 41.0 Å². The van der Waals surface area contributed by atoms with Crippen molar-refractivity contribution in [3.63, 3.8) is 0 Å². The van der Waals surface area contributed by atoms with Gasteiger partial charge < -0.3 is 9.80 Å². The molecular formula is C24H24N4O2S2. The fourth-order valence-corrected chi connectivity index (χ4v) is 5.98. The molecule has 0 N–H and O–H groups in total. The number of thioether (sulfide) groups is 1. The molecule has 2 amide bonds. The molecular weight excluding hydrogens is 440 g/mol. The molecule has 32 heavy (non-hydrogen) atoms. The maximum Gasteiger partial charge on any atom is 0.247 e. The molecule has 2 aliphatic heterocycles. The molecule has 6 nitrogen and oxygen atoms in total. The SMILES string of the molecule is O=C(C1CSCN1C(=O)C=Cc1cn(-c2ccccc2)nc1-c1cccs1)N1CCCC1. The smallest absolute Gasteiger partial charge is 0.247 e. The topological polar surface area (TPSA) is 58.4 Å². The van der Waals surface area contributed by atoms with Crippen molar-refractivity contribution in [3.05, 3.63) is 65.7 Å². The molecule has 0 spiro atoms. The van der Waals surface area contributed by atoms with Crippen molar-refractivity contribution in [2.24, 2.45) is 0 Å². The summed E-state index contributed by atoms with van der Waals surface area (Å²) in [6.07, 6.45) is 7.45. The van der Waals surface area contributed by atoms with E-state index >= 15 is 0 Å². The predicted octanol–water partition coefficient (Wildman–Crippen LogP) is 4.14. The number of nitrogens with zero attached hydrogens (tertiary/aromatic N) is 4. The van der Waals surface area contributed by atoms with Crippen LogP contribution in [0, 0.1) is 0 Å². The van der Waals surface area contributed by atoms with Crippen LogP contribution >= 0.6 is 23.1 Å². The normalized spacial score (nSPS) is 18.7. The van der Waals surface area contributed by atoms with E-state index in [1.54, 1.807) is 34.1 Å². The largest absolute Gasteiger partial charge is 0.341 e. The van der Waals surface area contributed by atoms with Gasteiger partial charge in [-0.1, -0.05) is 24.3 Å². The fraction of sp³-hybridized carbons (Fsp3) is 0.292. The second-order valence-electron chi connectivity index (χ2n) is 7.88. The third-order valence-electron chi connectivity index (χ3n) is 5.79. The molecule has 2 saturated heterocycles. The minimum absolute atomic E-state index is 0.0884. The summed E-state index contributed by atoms with van der Waals surface area (Å²) in [7, 11) is 0. The number of benzene rings is 1. The Hall–Kier alpha value is -2.84. The van der Waals surface area contributed by atoms with Crippen LogP contribution in [-0.2, 0) is 9.59 Å². The van der Waals surface area contributed by atoms with Crippen LogP contribution in [-0.4, -0.2) is 62.2 Å². The zero-order chi connectivity index (χ0) is 21.9. The molecule has 0 radical (unpaired) electrons. The first-order valence-electron chi connectivity index (χ1n) is 10.7. The van der Waals surface area contributed by atoms with Gasteiger partial charge in [0.25, 0.3) is 0 Å². The zero-order valence-corrected chi connectivity index (χ0v) is 19.2. The Balaban J connectivity index is 1.39. The van der Waals surface area contributed by atoms with Gasteiger partial charge in [-0.2, -0.15) is 5.10 Å². The van der Waals surface area contributed by atoms with Crippen molar-refractivity contribution in [2.75, 3.05) is 24.7 Å². The van der Waals surface area contributed by atoms with Crippen LogP contribution in [0.15, 0.2) is 60.1 Å². The highest BCUT2D eigenvalue weighted by atomic mass is 32.2. The Bertz CT molecular complexity index is 1120. The average molecular weight is 465 g/mol. The first-order chi connectivity index (χ1) is 15.7. The van der Waals surface area contributed by atoms with Crippen LogP contribution in [0.1, 0.15) is 18.4 Å². The Kier molecular flexibility index (Phi) is 6.14. The van der Waals surface area contributed by atoms with Crippen molar-refractivity contribution < 1.29 is 9.59 Å². The molecule has 8 heteroatoms. The minimum Gasteiger partial charge on any atom is -0.341 e. The molecule has 1 unspecified atom stereocenters. The molecule has 0 aliphatic carbocycles. The summed E-state index contributed by atoms with van der Waals surface area (Å²) >= 11 is 3.26. The molecule has 2 aliphatic rings. The number of carbonyl (C=O) groups excluding carboxylic acids is 2. The summed E-state index contributed by atoms with van der Waals surface area (Å²) in [5, 5.41) is 6.80. The monoisotopic (exact) mass is 464 g/mol. The van der Waals surface area contributed by atoms with Crippen LogP contribution in [0.5, 0.6) is 0 Å². The number of aromatic nitrogens is 2. The van der Waals surface area contributed by atoms with Gasteiger partial charge in [-0.3, -0.25) is 9.59 Å². The van der Waals surface area contributed by atoms with Gasteiger partial charge in [0.05, 0.1) is 16.4 Å². The molecule has 1 aromatic carbocycles. The lowest BCUT2D eigenvalue weighted by atomic mass is 10.2. The number of hydrogen-bond acceptors (Lipinski definition) is 5. The van der Waals surface area contributed by atoms with Crippen LogP contribution < -0.4 is 0 Å². The van der Waals surface area contributed by atoms with Gasteiger partial charge in [0.1, 0.15) is 11.7 Å². The molecule has 1 atom stereocenters. The zero-order valence-electron chi connectivity index (χ0n) is 17.6. The third-order valence-corrected chi connectivity index (χ3v) is 7.68. The lowest BCUT2D eigenvalue weighted by Crippen LogP contribution is -2.47. The van der Waals surface area contributed by atoms with Crippen molar-refractivity contribution in [1.29, 1.82) is 0 Å². The standard InChI is InChI=1S/C24H24N4O2S2/c29-22(27-17-31-16-20(27)24(30)26-12-4-5-13-26)11-10-18-15-28(19-7-2-1-3-8-19)25-23(18)21-9-6-14-32-21/h1-3,6-11,14-15,20H,4-5,12-13,16-17H2. The lowest BCUT2D eigenvalue weighted by Gasteiger charge is -2.26. The highest BCUT2D eigenvalue weighted by molar-refractivity contribution is 7.99. The van der Waals surface area contributed by atoms with Crippen molar-refractivity contribution in [2.45, 2.75) is 18.9 Å². The van der Waals surface area contributed by atoms with Crippen molar-refractivity contribution in [1.82, 2.24) is 19.6 Å². The number of thiophene rings is 1. The number of rotatable bonds is 5. The molecule has 2 aromatic heterocycles. The van der Waals surface area contributed by atoms with E-state index in [-0.39, 0.29) is 17.9 Å². The van der Waals surface area contributed by atoms with Gasteiger partial charge in [0.15, 0.2) is 0 Å². The van der Waals surface area contributed by atoms with Gasteiger partial charge in [-0.05, 0) is 42.5 Å². The molecule has 2 fully saturated rings. The molecule has 3 aromatic rings. The van der Waals surface area contributed by atoms with E-state index in [0.29, 0.717) is 11.6 Å². The molecule has 0 bridgehead atoms. The molecule has 5 rings (SSSR count). The fourth-order valence-electron chi connectivity index (χ4n) is 4.10. The average Bonchev–Trinajstić information content (AvgIpc) is 3.64. The minimum atomic E-state index is -0.362. The van der Waals surface area contributed by atoms with E-state index in [1.165, 1.54) is 0 Å². The van der Waals surface area contributed by atoms with Crippen LogP contribution in [0.2, 0.25) is 0 Å². The summed E-state index contributed by atoms with van der Waals surface area (Å²) < 4.78 is 1.84. The van der Waals surface area contributed by atoms with Gasteiger partial charge in [0, 0.05) is 36.7 Å². The second-order valence-corrected chi connectivity index (χ2v) is 9.83. The first-order valence-corrected chi connectivity index (χ1v) is 12.8. The number of para-hydroxylation sites is 1. The van der Waals surface area contributed by atoms with E-state index in [2.05, 4.69) is 0 Å². The Labute approximate surface area is 195 Å². The van der Waals surface area contributed by atoms with Crippen molar-refractivity contribution in [3.8, 4) is 16.3 Å². The Morgan fingerprint density at radius 3 is 2.62 bits per heavy atom. The van der Waals surface area contributed by atoms with E-state index < -0.39 is 0 Å². The summed E-state index contributed by atoms with van der Waals surface area (Å²) in [5.74, 6) is 1.18. The highest BCUT2D eigenvalue weighted by Crippen LogP contribution is 2.29. The van der Waals surface area contributed by atoms with Gasteiger partial charge in [-0.15, -0.1) is 23.1 Å². The van der Waals surface area contributed by atoms with Gasteiger partial charge in [-0.25, -0.2) is 4.68 Å². The summed E-state index contributed by atoms with van der Waals surface area (Å²) in [6, 6.07) is 13.6. The molecule has 0 saturated carbocycles. The predicted molar refractivity (Wildman–Crippen MR) is 130 cm³/mol. The Morgan fingerprint density at radius 1 is 1.06 bits per heavy atom. The summed E-state index contributed by atoms with van der Waals surface area (Å²) in [5.41, 5.74) is 2.68. The van der Waals surface area contributed by atoms with Gasteiger partial charge in [0.2, 0.25) is 11.8 Å². The third kappa shape index (κ3) is 4.25. The number of hydrogen-bond donors (Lipinski definition) is 0. The van der Waals surface area contributed by atoms with E-state index in [9.17, 15) is 9.59 Å². The van der Waals surface area contributed by atoms with E-state index in [4.69, 9.17) is 5.10 Å². The van der Waals surface area contributed by atoms with Crippen LogP contribution in [0.3, 0.4) is 0 Å². The maximum absolute atomic E-state index is 13.1. The lowest BCUT2D eigenvalue weighted by molar-refractivity contribution is -0.140. The number of likely N-dealkylation sites (tertiary alicyclic amines) is 1. The molecule has 4 heterocycles. The first kappa shape index (κ1) is 21.0. The number of carbonyl (C=O) groups is 2. The second kappa shape index (κ2) is 9.34. The number of amides is 2. The molecule has 164 valence electrons. The summed E-state index contributed by atoms with van der Waals surface area (Å²) in [4.78, 5) is 30.6. The Morgan fingerprint density at radius 2 is 1.88 bits per heavy atom. The van der Waals surface area contributed by atoms with E-state index in [0.717, 1.165) is 47.8 Å². The van der Waals surface area contributed by atoms with Crippen LogP contribution in [0.25, 0.3) is 22.3 Å². The maximum atomic E-state index is 13.1. The highest BCUT2D eigenvalue weighted by Gasteiger charge is 2.36. The van der Waals surface area contributed by atoms with E-state index in [1.807, 2.05) is 69.7 Å². The van der Waals surface area contributed by atoms with Crippen LogP contribution in [0.4, 0.5) is 0 Å². The van der Waals surface area contributed by atoms with Gasteiger partial charge >= 0.3 is 0 Å². The quantitative estimate of drug-likeness (QED) is 0.533. The summed E-state index contributed by atoms with van der Waals surface area (Å²) in [6.45, 7) is 1.61.